The largest absolute Gasteiger partial charge is 0.481 e. The molecule has 7 heteroatoms. The van der Waals surface area contributed by atoms with Crippen molar-refractivity contribution in [2.75, 3.05) is 11.5 Å². The summed E-state index contributed by atoms with van der Waals surface area (Å²) >= 11 is 0. The van der Waals surface area contributed by atoms with Crippen LogP contribution in [0, 0.1) is 0 Å². The highest BCUT2D eigenvalue weighted by atomic mass is 32.2. The molecule has 0 saturated carbocycles. The van der Waals surface area contributed by atoms with Gasteiger partial charge in [-0.25, -0.2) is 8.42 Å². The number of nitrogens with one attached hydrogen (secondary N) is 1. The Kier molecular flexibility index (Phi) is 7.04. The van der Waals surface area contributed by atoms with E-state index in [-0.39, 0.29) is 12.2 Å². The maximum absolute atomic E-state index is 11.8. The molecule has 2 N–H and O–H groups in total. The van der Waals surface area contributed by atoms with Crippen molar-refractivity contribution < 1.29 is 23.1 Å². The Labute approximate surface area is 114 Å². The molecule has 0 radical (unpaired) electrons. The van der Waals surface area contributed by atoms with E-state index in [1.165, 1.54) is 0 Å². The number of aliphatic carboxylic acids is 1. The third kappa shape index (κ3) is 6.56. The molecule has 0 spiro atoms. The van der Waals surface area contributed by atoms with Crippen molar-refractivity contribution in [1.82, 2.24) is 5.32 Å². The topological polar surface area (TPSA) is 101 Å². The van der Waals surface area contributed by atoms with Gasteiger partial charge in [-0.2, -0.15) is 0 Å². The molecule has 0 atom stereocenters. The third-order valence-corrected chi connectivity index (χ3v) is 4.85. The second kappa shape index (κ2) is 7.47. The number of carbonyl (C=O) groups is 2. The van der Waals surface area contributed by atoms with E-state index in [4.69, 9.17) is 5.11 Å². The predicted octanol–water partition coefficient (Wildman–Crippen LogP) is 0.961. The number of sulfone groups is 1. The standard InChI is InChI=1S/C12H23NO5S/c1-4-7-19(17,18)9-10(14)13-12(5-2,6-3)8-11(15)16/h4-9H2,1-3H3,(H,13,14)(H,15,16). The van der Waals surface area contributed by atoms with E-state index < -0.39 is 33.0 Å². The molecular weight excluding hydrogens is 270 g/mol. The fourth-order valence-corrected chi connectivity index (χ4v) is 3.16. The molecule has 0 aromatic carbocycles. The minimum Gasteiger partial charge on any atom is -0.481 e. The molecule has 0 bridgehead atoms. The summed E-state index contributed by atoms with van der Waals surface area (Å²) in [4.78, 5) is 22.6. The number of rotatable bonds is 9. The van der Waals surface area contributed by atoms with Crippen molar-refractivity contribution in [3.63, 3.8) is 0 Å². The number of amides is 1. The second-order valence-corrected chi connectivity index (χ2v) is 6.88. The van der Waals surface area contributed by atoms with Gasteiger partial charge in [0.15, 0.2) is 9.84 Å². The van der Waals surface area contributed by atoms with Crippen LogP contribution < -0.4 is 5.32 Å². The lowest BCUT2D eigenvalue weighted by atomic mass is 9.89. The smallest absolute Gasteiger partial charge is 0.305 e. The average molecular weight is 293 g/mol. The molecule has 0 saturated heterocycles. The Morgan fingerprint density at radius 2 is 1.68 bits per heavy atom. The Hall–Kier alpha value is -1.11. The lowest BCUT2D eigenvalue weighted by Crippen LogP contribution is -2.50. The first kappa shape index (κ1) is 17.9. The first-order chi connectivity index (χ1) is 8.70. The molecule has 0 aliphatic carbocycles. The Balaban J connectivity index is 4.78. The van der Waals surface area contributed by atoms with Gasteiger partial charge >= 0.3 is 5.97 Å². The molecule has 0 aromatic heterocycles. The molecule has 112 valence electrons. The predicted molar refractivity (Wildman–Crippen MR) is 72.7 cm³/mol. The summed E-state index contributed by atoms with van der Waals surface area (Å²) in [5, 5.41) is 11.4. The van der Waals surface area contributed by atoms with Gasteiger partial charge in [-0.1, -0.05) is 20.8 Å². The molecule has 6 nitrogen and oxygen atoms in total. The van der Waals surface area contributed by atoms with Crippen molar-refractivity contribution in [1.29, 1.82) is 0 Å². The number of hydrogen-bond donors (Lipinski definition) is 2. The summed E-state index contributed by atoms with van der Waals surface area (Å²) < 4.78 is 23.1. The van der Waals surface area contributed by atoms with Gasteiger partial charge in [-0.3, -0.25) is 9.59 Å². The van der Waals surface area contributed by atoms with Gasteiger partial charge in [-0.15, -0.1) is 0 Å². The van der Waals surface area contributed by atoms with Crippen LogP contribution in [-0.4, -0.2) is 42.4 Å². The van der Waals surface area contributed by atoms with Crippen molar-refractivity contribution >= 4 is 21.7 Å². The minimum absolute atomic E-state index is 0.0371. The molecule has 1 amide bonds. The zero-order chi connectivity index (χ0) is 15.1. The SMILES string of the molecule is CCCS(=O)(=O)CC(=O)NC(CC)(CC)CC(=O)O. The lowest BCUT2D eigenvalue weighted by molar-refractivity contribution is -0.139. The van der Waals surface area contributed by atoms with Gasteiger partial charge in [-0.05, 0) is 19.3 Å². The van der Waals surface area contributed by atoms with Crippen LogP contribution in [0.4, 0.5) is 0 Å². The van der Waals surface area contributed by atoms with Crippen LogP contribution >= 0.6 is 0 Å². The van der Waals surface area contributed by atoms with E-state index in [1.807, 2.05) is 0 Å². The molecule has 0 aliphatic heterocycles. The van der Waals surface area contributed by atoms with Gasteiger partial charge in [0.05, 0.1) is 12.2 Å². The van der Waals surface area contributed by atoms with Gasteiger partial charge in [0.25, 0.3) is 0 Å². The van der Waals surface area contributed by atoms with Crippen molar-refractivity contribution in [2.45, 2.75) is 52.0 Å². The highest BCUT2D eigenvalue weighted by Crippen LogP contribution is 2.19. The molecule has 0 aromatic rings. The molecule has 0 fully saturated rings. The number of hydrogen-bond acceptors (Lipinski definition) is 4. The summed E-state index contributed by atoms with van der Waals surface area (Å²) in [5.41, 5.74) is -0.870. The van der Waals surface area contributed by atoms with E-state index in [0.29, 0.717) is 19.3 Å². The van der Waals surface area contributed by atoms with Gasteiger partial charge in [0.1, 0.15) is 5.75 Å². The van der Waals surface area contributed by atoms with E-state index in [2.05, 4.69) is 5.32 Å². The fourth-order valence-electron chi connectivity index (χ4n) is 1.93. The van der Waals surface area contributed by atoms with Crippen LogP contribution in [0.5, 0.6) is 0 Å². The highest BCUT2D eigenvalue weighted by molar-refractivity contribution is 7.92. The molecular formula is C12H23NO5S. The summed E-state index contributed by atoms with van der Waals surface area (Å²) in [7, 11) is -3.41. The molecule has 19 heavy (non-hydrogen) atoms. The average Bonchev–Trinajstić information content (AvgIpc) is 2.26. The summed E-state index contributed by atoms with van der Waals surface area (Å²) in [6, 6.07) is 0. The maximum Gasteiger partial charge on any atom is 0.305 e. The Morgan fingerprint density at radius 1 is 1.16 bits per heavy atom. The molecule has 0 heterocycles. The Bertz CT molecular complexity index is 412. The molecule has 0 rings (SSSR count). The maximum atomic E-state index is 11.8. The first-order valence-corrected chi connectivity index (χ1v) is 8.25. The number of carboxylic acids is 1. The van der Waals surface area contributed by atoms with Crippen LogP contribution in [-0.2, 0) is 19.4 Å². The second-order valence-electron chi connectivity index (χ2n) is 4.70. The van der Waals surface area contributed by atoms with Gasteiger partial charge < -0.3 is 10.4 Å². The van der Waals surface area contributed by atoms with Gasteiger partial charge in [0, 0.05) is 5.54 Å². The fraction of sp³-hybridized carbons (Fsp3) is 0.833. The summed E-state index contributed by atoms with van der Waals surface area (Å²) in [6.07, 6.45) is 1.13. The molecule has 0 aliphatic rings. The number of carbonyl (C=O) groups excluding carboxylic acids is 1. The highest BCUT2D eigenvalue weighted by Gasteiger charge is 2.32. The quantitative estimate of drug-likeness (QED) is 0.659. The van der Waals surface area contributed by atoms with Crippen LogP contribution in [0.15, 0.2) is 0 Å². The number of carboxylic acid groups (broad SMARTS) is 1. The minimum atomic E-state index is -3.41. The van der Waals surface area contributed by atoms with E-state index in [1.54, 1.807) is 20.8 Å². The van der Waals surface area contributed by atoms with Crippen molar-refractivity contribution in [2.24, 2.45) is 0 Å². The summed E-state index contributed by atoms with van der Waals surface area (Å²) in [5.74, 6) is -2.26. The van der Waals surface area contributed by atoms with Crippen LogP contribution in [0.3, 0.4) is 0 Å². The van der Waals surface area contributed by atoms with Crippen LogP contribution in [0.25, 0.3) is 0 Å². The van der Waals surface area contributed by atoms with E-state index in [9.17, 15) is 18.0 Å². The monoisotopic (exact) mass is 293 g/mol. The van der Waals surface area contributed by atoms with Crippen LogP contribution in [0.2, 0.25) is 0 Å². The van der Waals surface area contributed by atoms with E-state index in [0.717, 1.165) is 0 Å². The normalized spacial score (nSPS) is 12.2. The molecule has 0 unspecified atom stereocenters. The summed E-state index contributed by atoms with van der Waals surface area (Å²) in [6.45, 7) is 5.27. The van der Waals surface area contributed by atoms with Crippen molar-refractivity contribution in [3.05, 3.63) is 0 Å². The lowest BCUT2D eigenvalue weighted by Gasteiger charge is -2.31. The zero-order valence-electron chi connectivity index (χ0n) is 11.7. The third-order valence-electron chi connectivity index (χ3n) is 3.11. The van der Waals surface area contributed by atoms with Gasteiger partial charge in [0.2, 0.25) is 5.91 Å². The first-order valence-electron chi connectivity index (χ1n) is 6.43. The van der Waals surface area contributed by atoms with E-state index >= 15 is 0 Å². The van der Waals surface area contributed by atoms with Crippen molar-refractivity contribution in [3.8, 4) is 0 Å². The van der Waals surface area contributed by atoms with Crippen LogP contribution in [0.1, 0.15) is 46.5 Å². The zero-order valence-corrected chi connectivity index (χ0v) is 12.5. The Morgan fingerprint density at radius 3 is 2.05 bits per heavy atom.